The van der Waals surface area contributed by atoms with Crippen molar-refractivity contribution in [2.75, 3.05) is 29.9 Å². The highest BCUT2D eigenvalue weighted by molar-refractivity contribution is 5.97. The van der Waals surface area contributed by atoms with Crippen LogP contribution in [0.15, 0.2) is 18.3 Å². The zero-order valence-electron chi connectivity index (χ0n) is 16.0. The summed E-state index contributed by atoms with van der Waals surface area (Å²) in [5, 5.41) is 2.98. The van der Waals surface area contributed by atoms with Crippen LogP contribution in [0.5, 0.6) is 0 Å². The Labute approximate surface area is 161 Å². The average molecular weight is 370 g/mol. The lowest BCUT2D eigenvalue weighted by Gasteiger charge is -2.30. The highest BCUT2D eigenvalue weighted by atomic mass is 16.2. The number of hydrogen-bond donors (Lipinski definition) is 1. The van der Waals surface area contributed by atoms with Gasteiger partial charge in [-0.2, -0.15) is 0 Å². The van der Waals surface area contributed by atoms with Crippen LogP contribution in [-0.4, -0.2) is 47.4 Å². The predicted molar refractivity (Wildman–Crippen MR) is 106 cm³/mol. The molecule has 1 atom stereocenters. The Kier molecular flexibility index (Phi) is 5.60. The molecule has 2 amide bonds. The van der Waals surface area contributed by atoms with Gasteiger partial charge in [-0.15, -0.1) is 0 Å². The van der Waals surface area contributed by atoms with Gasteiger partial charge in [0.2, 0.25) is 11.8 Å². The molecule has 6 nitrogen and oxygen atoms in total. The number of amides is 2. The van der Waals surface area contributed by atoms with Gasteiger partial charge < -0.3 is 15.1 Å². The molecule has 0 aromatic carbocycles. The van der Waals surface area contributed by atoms with E-state index in [9.17, 15) is 9.59 Å². The van der Waals surface area contributed by atoms with Crippen LogP contribution in [0.1, 0.15) is 57.8 Å². The minimum Gasteiger partial charge on any atom is -0.357 e. The normalized spacial score (nSPS) is 23.6. The quantitative estimate of drug-likeness (QED) is 0.884. The molecular formula is C21H30N4O2. The molecule has 3 aliphatic rings. The highest BCUT2D eigenvalue weighted by Crippen LogP contribution is 2.29. The number of aromatic nitrogens is 1. The molecule has 146 valence electrons. The molecule has 1 aromatic rings. The molecule has 0 spiro atoms. The number of nitrogens with one attached hydrogen (secondary N) is 1. The number of carbonyl (C=O) groups excluding carboxylic acids is 2. The Morgan fingerprint density at radius 3 is 2.41 bits per heavy atom. The van der Waals surface area contributed by atoms with E-state index < -0.39 is 0 Å². The van der Waals surface area contributed by atoms with Crippen molar-refractivity contribution in [3.63, 3.8) is 0 Å². The molecule has 1 aromatic heterocycles. The van der Waals surface area contributed by atoms with Crippen LogP contribution >= 0.6 is 0 Å². The Bertz CT molecular complexity index is 663. The monoisotopic (exact) mass is 370 g/mol. The third-order valence-electron chi connectivity index (χ3n) is 6.24. The van der Waals surface area contributed by atoms with Gasteiger partial charge in [0.1, 0.15) is 11.9 Å². The summed E-state index contributed by atoms with van der Waals surface area (Å²) in [5.41, 5.74) is 0.708. The second-order valence-corrected chi connectivity index (χ2v) is 8.11. The first kappa shape index (κ1) is 18.3. The summed E-state index contributed by atoms with van der Waals surface area (Å²) in [6.45, 7) is 2.82. The lowest BCUT2D eigenvalue weighted by molar-refractivity contribution is -0.141. The third kappa shape index (κ3) is 4.09. The van der Waals surface area contributed by atoms with Crippen molar-refractivity contribution in [1.82, 2.24) is 9.88 Å². The number of likely N-dealkylation sites (tertiary alicyclic amines) is 1. The number of hydrogen-bond acceptors (Lipinski definition) is 4. The molecule has 2 saturated heterocycles. The van der Waals surface area contributed by atoms with Crippen LogP contribution in [0.2, 0.25) is 0 Å². The van der Waals surface area contributed by atoms with Crippen molar-refractivity contribution >= 4 is 23.3 Å². The van der Waals surface area contributed by atoms with E-state index in [-0.39, 0.29) is 23.8 Å². The average Bonchev–Trinajstić information content (AvgIpc) is 3.41. The van der Waals surface area contributed by atoms with E-state index >= 15 is 0 Å². The van der Waals surface area contributed by atoms with Crippen LogP contribution in [0.25, 0.3) is 0 Å². The third-order valence-corrected chi connectivity index (χ3v) is 6.24. The van der Waals surface area contributed by atoms with Gasteiger partial charge in [0.25, 0.3) is 0 Å². The van der Waals surface area contributed by atoms with E-state index in [1.807, 2.05) is 17.0 Å². The molecule has 1 aliphatic carbocycles. The number of anilines is 2. The second-order valence-electron chi connectivity index (χ2n) is 8.11. The maximum atomic E-state index is 12.9. The highest BCUT2D eigenvalue weighted by Gasteiger charge is 2.37. The lowest BCUT2D eigenvalue weighted by atomic mass is 9.88. The fourth-order valence-corrected chi connectivity index (χ4v) is 4.71. The Morgan fingerprint density at radius 1 is 0.926 bits per heavy atom. The zero-order valence-corrected chi connectivity index (χ0v) is 16.0. The van der Waals surface area contributed by atoms with Gasteiger partial charge in [-0.25, -0.2) is 4.98 Å². The fourth-order valence-electron chi connectivity index (χ4n) is 4.71. The van der Waals surface area contributed by atoms with Crippen LogP contribution < -0.4 is 10.2 Å². The van der Waals surface area contributed by atoms with Crippen molar-refractivity contribution in [2.45, 2.75) is 63.8 Å². The standard InChI is InChI=1S/C21H30N4O2/c26-20(23-17-10-11-19(22-15-17)24-12-4-5-13-24)18-9-6-14-25(18)21(27)16-7-2-1-3-8-16/h10-11,15-16,18H,1-9,12-14H2,(H,23,26). The molecule has 6 heteroatoms. The molecule has 1 N–H and O–H groups in total. The van der Waals surface area contributed by atoms with E-state index in [0.29, 0.717) is 12.2 Å². The van der Waals surface area contributed by atoms with Crippen LogP contribution in [0.4, 0.5) is 11.5 Å². The minimum absolute atomic E-state index is 0.0765. The van der Waals surface area contributed by atoms with Gasteiger partial charge in [0.15, 0.2) is 0 Å². The van der Waals surface area contributed by atoms with Gasteiger partial charge in [-0.1, -0.05) is 19.3 Å². The first-order valence-corrected chi connectivity index (χ1v) is 10.5. The topological polar surface area (TPSA) is 65.5 Å². The first-order valence-electron chi connectivity index (χ1n) is 10.5. The SMILES string of the molecule is O=C(Nc1ccc(N2CCCC2)nc1)C1CCCN1C(=O)C1CCCCC1. The molecule has 3 heterocycles. The number of nitrogens with zero attached hydrogens (tertiary/aromatic N) is 3. The van der Waals surface area contributed by atoms with Crippen molar-refractivity contribution in [2.24, 2.45) is 5.92 Å². The van der Waals surface area contributed by atoms with Crippen LogP contribution in [0.3, 0.4) is 0 Å². The molecule has 27 heavy (non-hydrogen) atoms. The molecule has 4 rings (SSSR count). The Balaban J connectivity index is 1.37. The summed E-state index contributed by atoms with van der Waals surface area (Å²) in [7, 11) is 0. The molecule has 0 radical (unpaired) electrons. The summed E-state index contributed by atoms with van der Waals surface area (Å²) in [6.07, 6.45) is 11.3. The molecule has 1 unspecified atom stereocenters. The zero-order chi connectivity index (χ0) is 18.6. The summed E-state index contributed by atoms with van der Waals surface area (Å²) >= 11 is 0. The number of carbonyl (C=O) groups is 2. The van der Waals surface area contributed by atoms with Gasteiger partial charge in [-0.3, -0.25) is 9.59 Å². The summed E-state index contributed by atoms with van der Waals surface area (Å²) in [6, 6.07) is 3.55. The summed E-state index contributed by atoms with van der Waals surface area (Å²) in [4.78, 5) is 34.3. The fraction of sp³-hybridized carbons (Fsp3) is 0.667. The van der Waals surface area contributed by atoms with Gasteiger partial charge >= 0.3 is 0 Å². The number of pyridine rings is 1. The van der Waals surface area contributed by atoms with E-state index in [2.05, 4.69) is 15.2 Å². The van der Waals surface area contributed by atoms with Crippen molar-refractivity contribution in [3.8, 4) is 0 Å². The summed E-state index contributed by atoms with van der Waals surface area (Å²) in [5.74, 6) is 1.20. The van der Waals surface area contributed by atoms with Crippen molar-refractivity contribution in [1.29, 1.82) is 0 Å². The first-order chi connectivity index (χ1) is 13.2. The van der Waals surface area contributed by atoms with Crippen LogP contribution in [-0.2, 0) is 9.59 Å². The maximum absolute atomic E-state index is 12.9. The Hall–Kier alpha value is -2.11. The molecule has 1 saturated carbocycles. The lowest BCUT2D eigenvalue weighted by Crippen LogP contribution is -2.46. The maximum Gasteiger partial charge on any atom is 0.247 e. The minimum atomic E-state index is -0.335. The van der Waals surface area contributed by atoms with Gasteiger partial charge in [-0.05, 0) is 50.7 Å². The largest absolute Gasteiger partial charge is 0.357 e. The molecule has 3 fully saturated rings. The van der Waals surface area contributed by atoms with E-state index in [4.69, 9.17) is 0 Å². The molecule has 0 bridgehead atoms. The summed E-state index contributed by atoms with van der Waals surface area (Å²) < 4.78 is 0. The predicted octanol–water partition coefficient (Wildman–Crippen LogP) is 3.19. The van der Waals surface area contributed by atoms with Crippen molar-refractivity contribution in [3.05, 3.63) is 18.3 Å². The smallest absolute Gasteiger partial charge is 0.247 e. The molecule has 2 aliphatic heterocycles. The van der Waals surface area contributed by atoms with E-state index in [0.717, 1.165) is 57.4 Å². The number of rotatable bonds is 4. The van der Waals surface area contributed by atoms with Crippen molar-refractivity contribution < 1.29 is 9.59 Å². The van der Waals surface area contributed by atoms with Gasteiger partial charge in [0.05, 0.1) is 11.9 Å². The van der Waals surface area contributed by atoms with Gasteiger partial charge in [0, 0.05) is 25.6 Å². The van der Waals surface area contributed by atoms with Crippen LogP contribution in [0, 0.1) is 5.92 Å². The van der Waals surface area contributed by atoms with E-state index in [1.54, 1.807) is 6.20 Å². The Morgan fingerprint density at radius 2 is 1.70 bits per heavy atom. The second kappa shape index (κ2) is 8.28. The molecular weight excluding hydrogens is 340 g/mol. The van der Waals surface area contributed by atoms with E-state index in [1.165, 1.54) is 19.3 Å².